The van der Waals surface area contributed by atoms with Crippen molar-refractivity contribution in [2.24, 2.45) is 0 Å². The van der Waals surface area contributed by atoms with Gasteiger partial charge in [-0.25, -0.2) is 0 Å². The molecule has 0 aliphatic carbocycles. The Bertz CT molecular complexity index is 5080. The number of benzene rings is 16. The van der Waals surface area contributed by atoms with E-state index in [1.165, 1.54) is 92.9 Å². The van der Waals surface area contributed by atoms with Crippen molar-refractivity contribution in [2.45, 2.75) is 0 Å². The summed E-state index contributed by atoms with van der Waals surface area (Å²) < 4.78 is 0. The number of fused-ring (bicyclic) bond motifs is 5. The van der Waals surface area contributed by atoms with E-state index in [1.807, 2.05) is 0 Å². The van der Waals surface area contributed by atoms with E-state index in [4.69, 9.17) is 0 Å². The lowest BCUT2D eigenvalue weighted by molar-refractivity contribution is 1.21. The highest BCUT2D eigenvalue weighted by molar-refractivity contribution is 5.95. The highest BCUT2D eigenvalue weighted by Crippen LogP contribution is 2.42. The fourth-order valence-electron chi connectivity index (χ4n) is 12.7. The van der Waals surface area contributed by atoms with E-state index < -0.39 is 0 Å². The van der Waals surface area contributed by atoms with E-state index in [0.29, 0.717) is 0 Å². The molecule has 92 heavy (non-hydrogen) atoms. The van der Waals surface area contributed by atoms with Crippen LogP contribution in [0.1, 0.15) is 0 Å². The minimum atomic E-state index is 1.12. The van der Waals surface area contributed by atoms with Crippen LogP contribution in [0.4, 0.5) is 56.9 Å². The van der Waals surface area contributed by atoms with Gasteiger partial charge in [0.25, 0.3) is 0 Å². The van der Waals surface area contributed by atoms with Gasteiger partial charge in [0.1, 0.15) is 0 Å². The van der Waals surface area contributed by atoms with Crippen LogP contribution in [0.3, 0.4) is 0 Å². The Labute approximate surface area is 538 Å². The van der Waals surface area contributed by atoms with Gasteiger partial charge in [-0.15, -0.1) is 0 Å². The van der Waals surface area contributed by atoms with Crippen LogP contribution in [0.15, 0.2) is 364 Å². The third-order valence-corrected chi connectivity index (χ3v) is 17.9. The maximum atomic E-state index is 2.35. The monoisotopic (exact) mass is 1180 g/mol. The van der Waals surface area contributed by atoms with Crippen LogP contribution in [0.5, 0.6) is 0 Å². The van der Waals surface area contributed by atoms with Crippen molar-refractivity contribution in [3.63, 3.8) is 0 Å². The Hall–Kier alpha value is -12.0. The lowest BCUT2D eigenvalue weighted by Crippen LogP contribution is -2.10. The summed E-state index contributed by atoms with van der Waals surface area (Å²) in [4.78, 5) is 9.17. The molecule has 16 rings (SSSR count). The first-order valence-corrected chi connectivity index (χ1v) is 31.5. The van der Waals surface area contributed by atoms with E-state index in [1.54, 1.807) is 0 Å². The van der Waals surface area contributed by atoms with Gasteiger partial charge in [0.15, 0.2) is 0 Å². The summed E-state index contributed by atoms with van der Waals surface area (Å²) >= 11 is 0. The summed E-state index contributed by atoms with van der Waals surface area (Å²) in [6.45, 7) is 0. The van der Waals surface area contributed by atoms with Crippen molar-refractivity contribution in [1.29, 1.82) is 0 Å². The van der Waals surface area contributed by atoms with E-state index >= 15 is 0 Å². The minimum Gasteiger partial charge on any atom is -0.345 e. The van der Waals surface area contributed by atoms with Crippen molar-refractivity contribution in [3.05, 3.63) is 364 Å². The molecular formula is C88H66N4. The zero-order valence-electron chi connectivity index (χ0n) is 51.4. The first-order valence-electron chi connectivity index (χ1n) is 31.5. The van der Waals surface area contributed by atoms with Gasteiger partial charge in [0, 0.05) is 71.0 Å². The van der Waals surface area contributed by atoms with E-state index in [-0.39, 0.29) is 0 Å². The fraction of sp³-hybridized carbons (Fsp3) is 0.0227. The topological polar surface area (TPSA) is 13.0 Å². The van der Waals surface area contributed by atoms with Gasteiger partial charge in [-0.1, -0.05) is 243 Å². The molecule has 0 amide bonds. The second kappa shape index (κ2) is 25.3. The minimum absolute atomic E-state index is 1.12. The summed E-state index contributed by atoms with van der Waals surface area (Å²) in [5.41, 5.74) is 18.6. The molecule has 0 spiro atoms. The van der Waals surface area contributed by atoms with Crippen molar-refractivity contribution in [2.75, 3.05) is 33.7 Å². The molecule has 0 radical (unpaired) electrons. The van der Waals surface area contributed by atoms with Gasteiger partial charge in [0.2, 0.25) is 0 Å². The molecule has 0 heterocycles. The molecule has 16 aromatic carbocycles. The number of nitrogens with zero attached hydrogens (tertiary/aromatic N) is 4. The smallest absolute Gasteiger partial charge is 0.0468 e. The molecular weight excluding hydrogens is 1110 g/mol. The van der Waals surface area contributed by atoms with Crippen LogP contribution in [-0.2, 0) is 0 Å². The molecule has 0 fully saturated rings. The van der Waals surface area contributed by atoms with Crippen LogP contribution in [-0.4, -0.2) is 14.1 Å². The zero-order chi connectivity index (χ0) is 61.7. The molecule has 0 aliphatic rings. The molecule has 0 aromatic heterocycles. The summed E-state index contributed by atoms with van der Waals surface area (Å²) in [6, 6.07) is 131. The third-order valence-electron chi connectivity index (χ3n) is 17.9. The number of hydrogen-bond acceptors (Lipinski definition) is 4. The Morgan fingerprint density at radius 1 is 0.141 bits per heavy atom. The van der Waals surface area contributed by atoms with Crippen molar-refractivity contribution >= 4 is 111 Å². The molecule has 0 bridgehead atoms. The second-order valence-electron chi connectivity index (χ2n) is 23.5. The quantitative estimate of drug-likeness (QED) is 0.114. The number of anilines is 10. The first-order chi connectivity index (χ1) is 45.4. The van der Waals surface area contributed by atoms with Gasteiger partial charge in [-0.2, -0.15) is 0 Å². The molecule has 0 saturated heterocycles. The molecule has 0 unspecified atom stereocenters. The lowest BCUT2D eigenvalue weighted by Gasteiger charge is -2.26. The van der Waals surface area contributed by atoms with Gasteiger partial charge in [0.05, 0.1) is 0 Å². The summed E-state index contributed by atoms with van der Waals surface area (Å²) in [7, 11) is 4.25. The summed E-state index contributed by atoms with van der Waals surface area (Å²) in [5, 5.41) is 12.4. The predicted octanol–water partition coefficient (Wildman–Crippen LogP) is 24.6. The van der Waals surface area contributed by atoms with Gasteiger partial charge < -0.3 is 19.6 Å². The Morgan fingerprint density at radius 3 is 0.598 bits per heavy atom. The van der Waals surface area contributed by atoms with Crippen LogP contribution in [0, 0.1) is 0 Å². The Morgan fingerprint density at radius 2 is 0.326 bits per heavy atom. The first kappa shape index (κ1) is 56.5. The molecule has 438 valence electrons. The maximum absolute atomic E-state index is 2.35. The van der Waals surface area contributed by atoms with Crippen LogP contribution in [0.25, 0.3) is 87.2 Å². The molecule has 16 aromatic rings. The summed E-state index contributed by atoms with van der Waals surface area (Å²) in [6.07, 6.45) is 0. The zero-order valence-corrected chi connectivity index (χ0v) is 51.4. The average Bonchev–Trinajstić information content (AvgIpc) is 1.27. The van der Waals surface area contributed by atoms with Crippen molar-refractivity contribution in [1.82, 2.24) is 0 Å². The number of hydrogen-bond donors (Lipinski definition) is 0. The standard InChI is InChI=1S/C45H34N2.C43H32N2/c1-46(41-23-15-36(16-24-41)33-9-3-2-4-10-33)42-25-17-37(18-26-42)38-19-27-43(28-20-38)47(44-29-21-34-11-5-7-13-39(34)31-44)45-30-22-35-12-6-8-14-40(35)32-45;1-44(41-25-18-31-8-2-5-11-36(31)28-41)39-21-14-34(15-22-39)35-16-23-40(24-17-35)45(42-26-19-32-9-3-6-12-37(32)29-42)43-27-20-33-10-4-7-13-38(33)30-43/h2-32H,1H3;2-30H,1H3. The van der Waals surface area contributed by atoms with Crippen molar-refractivity contribution < 1.29 is 0 Å². The largest absolute Gasteiger partial charge is 0.345 e. The van der Waals surface area contributed by atoms with Crippen LogP contribution >= 0.6 is 0 Å². The van der Waals surface area contributed by atoms with Gasteiger partial charge in [-0.3, -0.25) is 0 Å². The van der Waals surface area contributed by atoms with E-state index in [2.05, 4.69) is 398 Å². The molecule has 0 aliphatic heterocycles. The van der Waals surface area contributed by atoms with Gasteiger partial charge >= 0.3 is 0 Å². The predicted molar refractivity (Wildman–Crippen MR) is 395 cm³/mol. The lowest BCUT2D eigenvalue weighted by atomic mass is 10.0. The Kier molecular flexibility index (Phi) is 15.5. The van der Waals surface area contributed by atoms with Crippen LogP contribution < -0.4 is 19.6 Å². The fourth-order valence-corrected chi connectivity index (χ4v) is 12.7. The number of rotatable bonds is 13. The van der Waals surface area contributed by atoms with Crippen molar-refractivity contribution in [3.8, 4) is 33.4 Å². The molecule has 4 nitrogen and oxygen atoms in total. The SMILES string of the molecule is CN(c1ccc(-c2ccc(N(c3ccc4ccccc4c3)c3ccc4ccccc4c3)cc2)cc1)c1ccc2ccccc2c1.CN(c1ccc(-c2ccccc2)cc1)c1ccc(-c2ccc(N(c3ccc4ccccc4c3)c3ccc4ccccc4c3)cc2)cc1. The molecule has 0 saturated carbocycles. The molecule has 0 N–H and O–H groups in total. The highest BCUT2D eigenvalue weighted by Gasteiger charge is 2.17. The third kappa shape index (κ3) is 11.8. The molecule has 4 heteroatoms. The van der Waals surface area contributed by atoms with E-state index in [9.17, 15) is 0 Å². The summed E-state index contributed by atoms with van der Waals surface area (Å²) in [5.74, 6) is 0. The Balaban J connectivity index is 0.000000153. The van der Waals surface area contributed by atoms with Crippen LogP contribution in [0.2, 0.25) is 0 Å². The average molecular weight is 1180 g/mol. The maximum Gasteiger partial charge on any atom is 0.0468 e. The normalized spacial score (nSPS) is 11.2. The second-order valence-corrected chi connectivity index (χ2v) is 23.5. The van der Waals surface area contributed by atoms with E-state index in [0.717, 1.165) is 51.2 Å². The highest BCUT2D eigenvalue weighted by atomic mass is 15.1. The van der Waals surface area contributed by atoms with Gasteiger partial charge in [-0.05, 0) is 209 Å². The molecule has 0 atom stereocenters.